The Morgan fingerprint density at radius 2 is 1.79 bits per heavy atom. The highest BCUT2D eigenvalue weighted by Gasteiger charge is 2.67. The van der Waals surface area contributed by atoms with Crippen molar-refractivity contribution in [1.82, 2.24) is 0 Å². The lowest BCUT2D eigenvalue weighted by atomic mass is 9.93. The summed E-state index contributed by atoms with van der Waals surface area (Å²) >= 11 is 0. The van der Waals surface area contributed by atoms with Gasteiger partial charge in [-0.05, 0) is 43.6 Å². The third kappa shape index (κ3) is 3.70. The van der Waals surface area contributed by atoms with Crippen molar-refractivity contribution >= 4 is 8.32 Å². The van der Waals surface area contributed by atoms with Crippen LogP contribution in [0.1, 0.15) is 46.6 Å². The van der Waals surface area contributed by atoms with E-state index in [1.54, 1.807) is 0 Å². The third-order valence-corrected chi connectivity index (χ3v) is 11.0. The van der Waals surface area contributed by atoms with Gasteiger partial charge in [-0.15, -0.1) is 0 Å². The molecule has 2 fully saturated rings. The summed E-state index contributed by atoms with van der Waals surface area (Å²) in [5.41, 5.74) is 0.493. The van der Waals surface area contributed by atoms with Crippen LogP contribution >= 0.6 is 0 Å². The van der Waals surface area contributed by atoms with Crippen molar-refractivity contribution in [3.05, 3.63) is 47.7 Å². The van der Waals surface area contributed by atoms with E-state index >= 15 is 0 Å². The lowest BCUT2D eigenvalue weighted by Gasteiger charge is -2.39. The van der Waals surface area contributed by atoms with Gasteiger partial charge in [0.1, 0.15) is 23.6 Å². The molecule has 4 rings (SSSR count). The summed E-state index contributed by atoms with van der Waals surface area (Å²) < 4.78 is 31.9. The largest absolute Gasteiger partial charge is 0.545 e. The first kappa shape index (κ1) is 21.1. The minimum Gasteiger partial charge on any atom is -0.545 e. The molecule has 0 bridgehead atoms. The topological polar surface area (TPSA) is 46.2 Å². The van der Waals surface area contributed by atoms with E-state index < -0.39 is 26.0 Å². The maximum atomic E-state index is 6.66. The molecule has 1 aromatic rings. The van der Waals surface area contributed by atoms with E-state index in [1.165, 1.54) is 0 Å². The number of rotatable bonds is 5. The number of hydrogen-bond acceptors (Lipinski definition) is 5. The van der Waals surface area contributed by atoms with E-state index in [9.17, 15) is 0 Å². The standard InChI is InChI=1S/C23H34O5Si/c1-21(2,3)29(6,7)28-17-13-14-23(24-15-16-11-9-8-10-12-16)18(17)25-20-19(23)26-22(4,5)27-20/h8-13,18-20H,14-15H2,1-7H3/t18-,19+,20-,23-/m1/s1. The molecule has 0 N–H and O–H groups in total. The van der Waals surface area contributed by atoms with Crippen LogP contribution in [0.25, 0.3) is 0 Å². The quantitative estimate of drug-likeness (QED) is 0.621. The van der Waals surface area contributed by atoms with Crippen LogP contribution in [0.15, 0.2) is 42.2 Å². The van der Waals surface area contributed by atoms with Crippen LogP contribution in [-0.4, -0.2) is 38.2 Å². The van der Waals surface area contributed by atoms with Gasteiger partial charge in [0, 0.05) is 6.42 Å². The first-order chi connectivity index (χ1) is 13.4. The first-order valence-corrected chi connectivity index (χ1v) is 13.4. The predicted molar refractivity (Wildman–Crippen MR) is 114 cm³/mol. The van der Waals surface area contributed by atoms with E-state index in [1.807, 2.05) is 32.0 Å². The highest BCUT2D eigenvalue weighted by molar-refractivity contribution is 6.74. The minimum atomic E-state index is -2.00. The van der Waals surface area contributed by atoms with Gasteiger partial charge in [0.25, 0.3) is 0 Å². The molecule has 2 saturated heterocycles. The van der Waals surface area contributed by atoms with Crippen molar-refractivity contribution < 1.29 is 23.4 Å². The second kappa shape index (κ2) is 6.92. The SMILES string of the molecule is CC1(C)O[C@H]2O[C@@H]3C(O[Si](C)(C)C(C)(C)C)=CC[C@]3(OCc3ccccc3)[C@H]2O1. The lowest BCUT2D eigenvalue weighted by molar-refractivity contribution is -0.232. The van der Waals surface area contributed by atoms with Crippen molar-refractivity contribution in [3.63, 3.8) is 0 Å². The zero-order chi connectivity index (χ0) is 21.1. The van der Waals surface area contributed by atoms with Gasteiger partial charge in [-0.25, -0.2) is 0 Å². The monoisotopic (exact) mass is 418 g/mol. The highest BCUT2D eigenvalue weighted by atomic mass is 28.4. The zero-order valence-corrected chi connectivity index (χ0v) is 19.7. The Labute approximate surface area is 175 Å². The van der Waals surface area contributed by atoms with Crippen LogP contribution < -0.4 is 0 Å². The van der Waals surface area contributed by atoms with E-state index in [0.29, 0.717) is 13.0 Å². The van der Waals surface area contributed by atoms with Gasteiger partial charge in [-0.1, -0.05) is 51.1 Å². The number of hydrogen-bond donors (Lipinski definition) is 0. The summed E-state index contributed by atoms with van der Waals surface area (Å²) in [6.45, 7) is 15.6. The molecule has 2 heterocycles. The summed E-state index contributed by atoms with van der Waals surface area (Å²) in [6, 6.07) is 10.2. The fourth-order valence-corrected chi connectivity index (χ4v) is 5.09. The van der Waals surface area contributed by atoms with Crippen molar-refractivity contribution in [2.24, 2.45) is 0 Å². The lowest BCUT2D eigenvalue weighted by Crippen LogP contribution is -2.50. The Kier molecular flexibility index (Phi) is 5.03. The van der Waals surface area contributed by atoms with Gasteiger partial charge in [0.15, 0.2) is 12.1 Å². The summed E-state index contributed by atoms with van der Waals surface area (Å²) in [5.74, 6) is 0.191. The highest BCUT2D eigenvalue weighted by Crippen LogP contribution is 2.53. The first-order valence-electron chi connectivity index (χ1n) is 10.5. The van der Waals surface area contributed by atoms with Crippen LogP contribution in [0.3, 0.4) is 0 Å². The maximum absolute atomic E-state index is 6.66. The molecule has 0 aromatic heterocycles. The van der Waals surface area contributed by atoms with Crippen LogP contribution in [0.5, 0.6) is 0 Å². The fraction of sp³-hybridized carbons (Fsp3) is 0.652. The van der Waals surface area contributed by atoms with E-state index in [4.69, 9.17) is 23.4 Å². The van der Waals surface area contributed by atoms with Gasteiger partial charge in [-0.2, -0.15) is 0 Å². The van der Waals surface area contributed by atoms with Gasteiger partial charge in [-0.3, -0.25) is 0 Å². The third-order valence-electron chi connectivity index (χ3n) is 6.66. The Bertz CT molecular complexity index is 782. The number of benzene rings is 1. The van der Waals surface area contributed by atoms with Crippen molar-refractivity contribution in [3.8, 4) is 0 Å². The summed E-state index contributed by atoms with van der Waals surface area (Å²) in [6.07, 6.45) is 1.78. The molecular weight excluding hydrogens is 384 g/mol. The second-order valence-corrected chi connectivity index (χ2v) is 15.1. The molecule has 0 unspecified atom stereocenters. The Morgan fingerprint density at radius 3 is 2.45 bits per heavy atom. The molecule has 1 aliphatic carbocycles. The minimum absolute atomic E-state index is 0.105. The summed E-state index contributed by atoms with van der Waals surface area (Å²) in [7, 11) is -2.00. The molecule has 5 nitrogen and oxygen atoms in total. The molecule has 0 saturated carbocycles. The van der Waals surface area contributed by atoms with Crippen molar-refractivity contribution in [2.45, 2.75) is 95.7 Å². The number of fused-ring (bicyclic) bond motifs is 3. The number of ether oxygens (including phenoxy) is 4. The Hall–Kier alpha value is -1.18. The Balaban J connectivity index is 1.59. The molecule has 0 radical (unpaired) electrons. The van der Waals surface area contributed by atoms with Gasteiger partial charge in [0.2, 0.25) is 8.32 Å². The van der Waals surface area contributed by atoms with Gasteiger partial charge < -0.3 is 23.4 Å². The van der Waals surface area contributed by atoms with Crippen molar-refractivity contribution in [1.29, 1.82) is 0 Å². The molecule has 1 aromatic carbocycles. The molecular formula is C23H34O5Si. The maximum Gasteiger partial charge on any atom is 0.250 e. The van der Waals surface area contributed by atoms with E-state index in [-0.39, 0.29) is 17.2 Å². The summed E-state index contributed by atoms with van der Waals surface area (Å²) in [4.78, 5) is 0. The second-order valence-electron chi connectivity index (χ2n) is 10.3. The molecule has 0 spiro atoms. The molecule has 3 aliphatic rings. The van der Waals surface area contributed by atoms with E-state index in [2.05, 4.69) is 52.1 Å². The van der Waals surface area contributed by atoms with Gasteiger partial charge >= 0.3 is 0 Å². The van der Waals surface area contributed by atoms with Crippen LogP contribution in [0.2, 0.25) is 18.1 Å². The zero-order valence-electron chi connectivity index (χ0n) is 18.7. The predicted octanol–water partition coefficient (Wildman–Crippen LogP) is 5.13. The fourth-order valence-electron chi connectivity index (χ4n) is 4.01. The molecule has 160 valence electrons. The Morgan fingerprint density at radius 1 is 1.10 bits per heavy atom. The smallest absolute Gasteiger partial charge is 0.250 e. The molecule has 0 amide bonds. The average molecular weight is 419 g/mol. The van der Waals surface area contributed by atoms with Crippen molar-refractivity contribution in [2.75, 3.05) is 0 Å². The van der Waals surface area contributed by atoms with Gasteiger partial charge in [0.05, 0.1) is 6.61 Å². The van der Waals surface area contributed by atoms with Crippen LogP contribution in [-0.2, 0) is 30.0 Å². The summed E-state index contributed by atoms with van der Waals surface area (Å²) in [5, 5.41) is 0.105. The van der Waals surface area contributed by atoms with Crippen LogP contribution in [0, 0.1) is 0 Å². The normalized spacial score (nSPS) is 33.3. The molecule has 29 heavy (non-hydrogen) atoms. The molecule has 4 atom stereocenters. The van der Waals surface area contributed by atoms with E-state index in [0.717, 1.165) is 11.3 Å². The molecule has 6 heteroatoms. The van der Waals surface area contributed by atoms with Crippen LogP contribution in [0.4, 0.5) is 0 Å². The average Bonchev–Trinajstić information content (AvgIpc) is 3.20. The molecule has 2 aliphatic heterocycles.